The van der Waals surface area contributed by atoms with Crippen molar-refractivity contribution >= 4 is 43.1 Å². The minimum absolute atomic E-state index is 0.628. The quantitative estimate of drug-likeness (QED) is 0.158. The van der Waals surface area contributed by atoms with Gasteiger partial charge in [0.1, 0.15) is 0 Å². The van der Waals surface area contributed by atoms with E-state index in [1.807, 2.05) is 48.5 Å². The zero-order valence-electron chi connectivity index (χ0n) is 32.4. The lowest BCUT2D eigenvalue weighted by molar-refractivity contribution is 1.22. The van der Waals surface area contributed by atoms with Gasteiger partial charge in [-0.3, -0.25) is 9.97 Å². The smallest absolute Gasteiger partial charge is 0.0992 e. The number of nitrogens with zero attached hydrogens (tertiary/aromatic N) is 4. The summed E-state index contributed by atoms with van der Waals surface area (Å²) in [7, 11) is 0. The maximum Gasteiger partial charge on any atom is 0.0992 e. The fraction of sp³-hybridized carbons (Fsp3) is 0. The molecule has 0 amide bonds. The molecule has 11 aromatic rings. The third-order valence-electron chi connectivity index (χ3n) is 11.6. The fourth-order valence-corrected chi connectivity index (χ4v) is 8.73. The van der Waals surface area contributed by atoms with Gasteiger partial charge < -0.3 is 0 Å². The number of aromatic nitrogens is 3. The summed E-state index contributed by atoms with van der Waals surface area (Å²) in [5, 5.41) is 20.0. The molecule has 3 aromatic heterocycles. The molecule has 8 aromatic carbocycles. The summed E-state index contributed by atoms with van der Waals surface area (Å²) in [6, 6.07) is 70.4. The van der Waals surface area contributed by atoms with Gasteiger partial charge in [-0.15, -0.1) is 0 Å². The van der Waals surface area contributed by atoms with Gasteiger partial charge >= 0.3 is 0 Å². The van der Waals surface area contributed by atoms with Crippen molar-refractivity contribution in [2.24, 2.45) is 0 Å². The normalized spacial score (nSPS) is 11.3. The lowest BCUT2D eigenvalue weighted by Crippen LogP contribution is -1.94. The Hall–Kier alpha value is -8.26. The average molecular weight is 763 g/mol. The number of hydrogen-bond donors (Lipinski definition) is 0. The summed E-state index contributed by atoms with van der Waals surface area (Å²) in [6.07, 6.45) is 3.59. The summed E-state index contributed by atoms with van der Waals surface area (Å²) >= 11 is 0. The Morgan fingerprint density at radius 1 is 0.300 bits per heavy atom. The lowest BCUT2D eigenvalue weighted by atomic mass is 9.88. The standard InChI is InChI=1S/C56H34N4/c57-35-36-29-40(39-23-24-51-49-15-4-3-13-47(49)48-14-5-6-16-50(48)52(51)32-39)31-42(30-36)44-26-25-43(45-11-1-2-12-46(44)45)38-21-19-37(20-22-38)41-33-55(53-17-7-9-27-58-53)60-56(34-41)54-18-8-10-28-59-54/h1-34H. The van der Waals surface area contributed by atoms with Gasteiger partial charge in [-0.05, 0) is 148 Å². The first kappa shape index (κ1) is 34.9. The zero-order valence-corrected chi connectivity index (χ0v) is 32.4. The van der Waals surface area contributed by atoms with Crippen LogP contribution >= 0.6 is 0 Å². The monoisotopic (exact) mass is 762 g/mol. The maximum atomic E-state index is 10.3. The minimum atomic E-state index is 0.628. The third kappa shape index (κ3) is 6.14. The van der Waals surface area contributed by atoms with Crippen molar-refractivity contribution in [3.05, 3.63) is 212 Å². The molecule has 11 rings (SSSR count). The Balaban J connectivity index is 0.988. The van der Waals surface area contributed by atoms with Crippen molar-refractivity contribution in [2.75, 3.05) is 0 Å². The van der Waals surface area contributed by atoms with Gasteiger partial charge in [-0.1, -0.05) is 133 Å². The summed E-state index contributed by atoms with van der Waals surface area (Å²) in [6.45, 7) is 0. The molecule has 4 nitrogen and oxygen atoms in total. The van der Waals surface area contributed by atoms with Gasteiger partial charge in [-0.2, -0.15) is 5.26 Å². The van der Waals surface area contributed by atoms with Crippen LogP contribution in [0.5, 0.6) is 0 Å². The topological polar surface area (TPSA) is 62.5 Å². The maximum absolute atomic E-state index is 10.3. The fourth-order valence-electron chi connectivity index (χ4n) is 8.73. The Bertz CT molecular complexity index is 3390. The van der Waals surface area contributed by atoms with Crippen molar-refractivity contribution in [3.8, 4) is 73.4 Å². The SMILES string of the molecule is N#Cc1cc(-c2ccc3c4ccccc4c4ccccc4c3c2)cc(-c2ccc(-c3ccc(-c4cc(-c5ccccn5)nc(-c5ccccn5)c4)cc3)c3ccccc23)c1. The zero-order chi connectivity index (χ0) is 40.0. The van der Waals surface area contributed by atoms with Crippen molar-refractivity contribution < 1.29 is 0 Å². The van der Waals surface area contributed by atoms with E-state index in [0.29, 0.717) is 5.56 Å². The number of fused-ring (bicyclic) bond motifs is 7. The molecule has 0 bridgehead atoms. The molecule has 60 heavy (non-hydrogen) atoms. The molecule has 0 aliphatic heterocycles. The molecule has 0 saturated carbocycles. The van der Waals surface area contributed by atoms with E-state index in [1.54, 1.807) is 12.4 Å². The number of hydrogen-bond acceptors (Lipinski definition) is 4. The van der Waals surface area contributed by atoms with Crippen LogP contribution in [0, 0.1) is 11.3 Å². The van der Waals surface area contributed by atoms with Crippen LogP contribution < -0.4 is 0 Å². The molecule has 0 saturated heterocycles. The average Bonchev–Trinajstić information content (AvgIpc) is 3.34. The van der Waals surface area contributed by atoms with Crippen LogP contribution in [-0.2, 0) is 0 Å². The molecular weight excluding hydrogens is 729 g/mol. The summed E-state index contributed by atoms with van der Waals surface area (Å²) in [4.78, 5) is 14.1. The Morgan fingerprint density at radius 3 is 1.30 bits per heavy atom. The van der Waals surface area contributed by atoms with Gasteiger partial charge in [0, 0.05) is 12.4 Å². The molecule has 278 valence electrons. The second-order valence-electron chi connectivity index (χ2n) is 15.1. The molecule has 0 unspecified atom stereocenters. The first-order chi connectivity index (χ1) is 29.7. The van der Waals surface area contributed by atoms with Crippen LogP contribution in [0.1, 0.15) is 5.56 Å². The first-order valence-corrected chi connectivity index (χ1v) is 20.1. The summed E-state index contributed by atoms with van der Waals surface area (Å²) in [5.41, 5.74) is 12.4. The Labute approximate surface area is 347 Å². The van der Waals surface area contributed by atoms with E-state index in [9.17, 15) is 5.26 Å². The molecule has 0 spiro atoms. The van der Waals surface area contributed by atoms with Crippen LogP contribution in [0.4, 0.5) is 0 Å². The van der Waals surface area contributed by atoms with Gasteiger partial charge in [0.05, 0.1) is 34.4 Å². The van der Waals surface area contributed by atoms with E-state index in [2.05, 4.69) is 162 Å². The highest BCUT2D eigenvalue weighted by Gasteiger charge is 2.15. The van der Waals surface area contributed by atoms with E-state index in [4.69, 9.17) is 4.98 Å². The highest BCUT2D eigenvalue weighted by molar-refractivity contribution is 6.25. The molecule has 0 radical (unpaired) electrons. The van der Waals surface area contributed by atoms with Crippen molar-refractivity contribution in [3.63, 3.8) is 0 Å². The van der Waals surface area contributed by atoms with Gasteiger partial charge in [0.2, 0.25) is 0 Å². The van der Waals surface area contributed by atoms with Crippen LogP contribution in [0.15, 0.2) is 207 Å². The largest absolute Gasteiger partial charge is 0.255 e. The predicted molar refractivity (Wildman–Crippen MR) is 247 cm³/mol. The van der Waals surface area contributed by atoms with Crippen molar-refractivity contribution in [2.45, 2.75) is 0 Å². The van der Waals surface area contributed by atoms with Crippen LogP contribution in [0.3, 0.4) is 0 Å². The number of nitriles is 1. The molecule has 4 heteroatoms. The molecule has 3 heterocycles. The van der Waals surface area contributed by atoms with E-state index < -0.39 is 0 Å². The first-order valence-electron chi connectivity index (χ1n) is 20.1. The van der Waals surface area contributed by atoms with Crippen molar-refractivity contribution in [1.82, 2.24) is 15.0 Å². The molecule has 0 N–H and O–H groups in total. The number of benzene rings is 8. The lowest BCUT2D eigenvalue weighted by Gasteiger charge is -2.15. The summed E-state index contributed by atoms with van der Waals surface area (Å²) in [5.74, 6) is 0. The van der Waals surface area contributed by atoms with Gasteiger partial charge in [0.15, 0.2) is 0 Å². The molecule has 0 aliphatic rings. The Kier molecular flexibility index (Phi) is 8.50. The second-order valence-corrected chi connectivity index (χ2v) is 15.1. The van der Waals surface area contributed by atoms with Crippen LogP contribution in [0.2, 0.25) is 0 Å². The molecule has 0 fully saturated rings. The van der Waals surface area contributed by atoms with E-state index in [1.165, 1.54) is 32.3 Å². The molecule has 0 aliphatic carbocycles. The van der Waals surface area contributed by atoms with Crippen LogP contribution in [-0.4, -0.2) is 15.0 Å². The van der Waals surface area contributed by atoms with Gasteiger partial charge in [0.25, 0.3) is 0 Å². The van der Waals surface area contributed by atoms with Crippen LogP contribution in [0.25, 0.3) is 110 Å². The highest BCUT2D eigenvalue weighted by Crippen LogP contribution is 2.41. The van der Waals surface area contributed by atoms with E-state index in [-0.39, 0.29) is 0 Å². The van der Waals surface area contributed by atoms with Gasteiger partial charge in [-0.25, -0.2) is 4.98 Å². The molecular formula is C56H34N4. The minimum Gasteiger partial charge on any atom is -0.255 e. The molecule has 0 atom stereocenters. The Morgan fingerprint density at radius 2 is 0.750 bits per heavy atom. The van der Waals surface area contributed by atoms with E-state index in [0.717, 1.165) is 78.1 Å². The highest BCUT2D eigenvalue weighted by atomic mass is 14.8. The second kappa shape index (κ2) is 14.6. The number of pyridine rings is 3. The predicted octanol–water partition coefficient (Wildman–Crippen LogP) is 14.4. The van der Waals surface area contributed by atoms with E-state index >= 15 is 0 Å². The number of rotatable bonds is 6. The third-order valence-corrected chi connectivity index (χ3v) is 11.6. The van der Waals surface area contributed by atoms with Crippen molar-refractivity contribution in [1.29, 1.82) is 5.26 Å². The summed E-state index contributed by atoms with van der Waals surface area (Å²) < 4.78 is 0.